The summed E-state index contributed by atoms with van der Waals surface area (Å²) in [6.45, 7) is 0.288. The maximum absolute atomic E-state index is 14.0. The fourth-order valence-corrected chi connectivity index (χ4v) is 7.51. The molecule has 2 saturated heterocycles. The Morgan fingerprint density at radius 2 is 1.65 bits per heavy atom. The minimum atomic E-state index is -0.606. The second-order valence-electron chi connectivity index (χ2n) is 11.8. The van der Waals surface area contributed by atoms with Gasteiger partial charge in [0.15, 0.2) is 5.82 Å². The number of ether oxygens (including phenoxy) is 1. The number of aromatic nitrogens is 2. The molecule has 2 unspecified atom stereocenters. The molecule has 8 nitrogen and oxygen atoms in total. The monoisotopic (exact) mass is 544 g/mol. The lowest BCUT2D eigenvalue weighted by Gasteiger charge is -2.45. The fourth-order valence-electron chi connectivity index (χ4n) is 7.51. The van der Waals surface area contributed by atoms with Crippen molar-refractivity contribution in [1.82, 2.24) is 14.5 Å². The molecule has 2 bridgehead atoms. The number of phenols is 1. The predicted molar refractivity (Wildman–Crippen MR) is 156 cm³/mol. The number of fused-ring (bicyclic) bond motifs is 3. The molecule has 1 aliphatic carbocycles. The van der Waals surface area contributed by atoms with Crippen LogP contribution in [0.15, 0.2) is 47.3 Å². The summed E-state index contributed by atoms with van der Waals surface area (Å²) in [5, 5.41) is 13.3. The van der Waals surface area contributed by atoms with Gasteiger partial charge in [0.25, 0.3) is 5.56 Å². The Bertz CT molecular complexity index is 1410. The summed E-state index contributed by atoms with van der Waals surface area (Å²) in [7, 11) is 1.28. The van der Waals surface area contributed by atoms with Crippen molar-refractivity contribution in [3.8, 4) is 5.75 Å². The summed E-state index contributed by atoms with van der Waals surface area (Å²) in [6.07, 6.45) is 13.9. The topological polar surface area (TPSA) is 96.7 Å². The number of hydrogen-bond donors (Lipinski definition) is 2. The van der Waals surface area contributed by atoms with Crippen LogP contribution in [0.4, 0.5) is 5.82 Å². The van der Waals surface area contributed by atoms with E-state index in [0.29, 0.717) is 23.9 Å². The Kier molecular flexibility index (Phi) is 7.78. The third-order valence-corrected chi connectivity index (χ3v) is 9.35. The van der Waals surface area contributed by atoms with Gasteiger partial charge in [0.2, 0.25) is 0 Å². The summed E-state index contributed by atoms with van der Waals surface area (Å²) in [5.41, 5.74) is 2.41. The van der Waals surface area contributed by atoms with Gasteiger partial charge in [0, 0.05) is 30.7 Å². The van der Waals surface area contributed by atoms with E-state index in [2.05, 4.69) is 10.2 Å². The summed E-state index contributed by atoms with van der Waals surface area (Å²) >= 11 is 0. The zero-order chi connectivity index (χ0) is 27.6. The number of rotatable bonds is 6. The molecule has 40 heavy (non-hydrogen) atoms. The molecule has 2 aliphatic heterocycles. The highest BCUT2D eigenvalue weighted by Gasteiger charge is 2.44. The standard InChI is InChI=1S/C32H40N4O4/c1-40-32(39)26-17-21(13-16-29(26)37)20-33-30-31(38)36(28-12-8-7-11-27(28)34-30)25-18-23-14-15-24(19-25)35(23)22-9-5-3-2-4-6-10-22/h7-8,11-13,16-17,22-25,37H,2-6,9-10,14-15,18-20H2,1H3,(H,33,34)/t23-,24?,25?/m0/s1. The number of nitrogens with one attached hydrogen (secondary N) is 1. The SMILES string of the molecule is COC(=O)c1cc(CNc2nc3ccccc3n(C3CC4CC[C@@H](C3)N4C3CCCCCCC3)c2=O)ccc1O. The molecular formula is C32H40N4O4. The van der Waals surface area contributed by atoms with Gasteiger partial charge in [0.05, 0.1) is 18.1 Å². The van der Waals surface area contributed by atoms with E-state index in [1.807, 2.05) is 28.8 Å². The maximum Gasteiger partial charge on any atom is 0.341 e. The van der Waals surface area contributed by atoms with Gasteiger partial charge in [-0.05, 0) is 68.4 Å². The molecule has 3 aromatic rings. The van der Waals surface area contributed by atoms with Gasteiger partial charge in [-0.3, -0.25) is 9.69 Å². The molecule has 0 radical (unpaired) electrons. The first-order valence-corrected chi connectivity index (χ1v) is 15.0. The average molecular weight is 545 g/mol. The van der Waals surface area contributed by atoms with E-state index in [1.54, 1.807) is 12.1 Å². The highest BCUT2D eigenvalue weighted by Crippen LogP contribution is 2.44. The first-order valence-electron chi connectivity index (χ1n) is 15.0. The van der Waals surface area contributed by atoms with Crippen molar-refractivity contribution in [2.24, 2.45) is 0 Å². The zero-order valence-corrected chi connectivity index (χ0v) is 23.3. The second kappa shape index (κ2) is 11.6. The first kappa shape index (κ1) is 26.8. The van der Waals surface area contributed by atoms with Gasteiger partial charge in [-0.15, -0.1) is 0 Å². The average Bonchev–Trinajstić information content (AvgIpc) is 3.20. The summed E-state index contributed by atoms with van der Waals surface area (Å²) in [6, 6.07) is 14.6. The number of benzene rings is 2. The van der Waals surface area contributed by atoms with E-state index in [9.17, 15) is 14.7 Å². The molecule has 2 aromatic carbocycles. The van der Waals surface area contributed by atoms with Crippen LogP contribution in [0.2, 0.25) is 0 Å². The third kappa shape index (κ3) is 5.21. The van der Waals surface area contributed by atoms with E-state index < -0.39 is 5.97 Å². The summed E-state index contributed by atoms with van der Waals surface area (Å²) in [4.78, 5) is 33.6. The lowest BCUT2D eigenvalue weighted by atomic mass is 9.89. The van der Waals surface area contributed by atoms with Crippen LogP contribution in [-0.2, 0) is 11.3 Å². The van der Waals surface area contributed by atoms with Crippen LogP contribution in [-0.4, -0.2) is 50.8 Å². The van der Waals surface area contributed by atoms with Crippen LogP contribution < -0.4 is 10.9 Å². The third-order valence-electron chi connectivity index (χ3n) is 9.35. The molecule has 6 rings (SSSR count). The van der Waals surface area contributed by atoms with Gasteiger partial charge in [0.1, 0.15) is 11.3 Å². The van der Waals surface area contributed by atoms with Crippen LogP contribution in [0.3, 0.4) is 0 Å². The number of esters is 1. The molecule has 0 spiro atoms. The van der Waals surface area contributed by atoms with Gasteiger partial charge in [-0.1, -0.05) is 50.3 Å². The van der Waals surface area contributed by atoms with Crippen LogP contribution in [0, 0.1) is 0 Å². The van der Waals surface area contributed by atoms with E-state index in [-0.39, 0.29) is 29.5 Å². The van der Waals surface area contributed by atoms with Gasteiger partial charge >= 0.3 is 5.97 Å². The second-order valence-corrected chi connectivity index (χ2v) is 11.8. The number of carbonyl (C=O) groups excluding carboxylic acids is 1. The van der Waals surface area contributed by atoms with Crippen LogP contribution in [0.1, 0.15) is 92.6 Å². The smallest absolute Gasteiger partial charge is 0.341 e. The van der Waals surface area contributed by atoms with E-state index in [4.69, 9.17) is 9.72 Å². The molecule has 2 N–H and O–H groups in total. The van der Waals surface area contributed by atoms with Crippen molar-refractivity contribution in [3.63, 3.8) is 0 Å². The van der Waals surface area contributed by atoms with Crippen molar-refractivity contribution < 1.29 is 14.6 Å². The Morgan fingerprint density at radius 3 is 2.38 bits per heavy atom. The van der Waals surface area contributed by atoms with Crippen LogP contribution >= 0.6 is 0 Å². The number of anilines is 1. The number of aromatic hydroxyl groups is 1. The van der Waals surface area contributed by atoms with Crippen molar-refractivity contribution >= 4 is 22.8 Å². The quantitative estimate of drug-likeness (QED) is 0.380. The number of phenolic OH excluding ortho intramolecular Hbond substituents is 1. The van der Waals surface area contributed by atoms with Crippen molar-refractivity contribution in [1.29, 1.82) is 0 Å². The Balaban J connectivity index is 1.27. The molecule has 3 aliphatic rings. The molecule has 0 amide bonds. The van der Waals surface area contributed by atoms with Crippen LogP contribution in [0.5, 0.6) is 5.75 Å². The lowest BCUT2D eigenvalue weighted by Crippen LogP contribution is -2.50. The molecule has 212 valence electrons. The number of methoxy groups -OCH3 is 1. The van der Waals surface area contributed by atoms with Crippen molar-refractivity contribution in [2.45, 2.75) is 101 Å². The molecule has 3 heterocycles. The molecule has 8 heteroatoms. The van der Waals surface area contributed by atoms with Gasteiger partial charge in [-0.25, -0.2) is 9.78 Å². The van der Waals surface area contributed by atoms with Gasteiger partial charge in [-0.2, -0.15) is 0 Å². The number of para-hydroxylation sites is 2. The minimum absolute atomic E-state index is 0.0946. The van der Waals surface area contributed by atoms with E-state index in [0.717, 1.165) is 29.4 Å². The van der Waals surface area contributed by atoms with Crippen molar-refractivity contribution in [2.75, 3.05) is 12.4 Å². The number of nitrogens with zero attached hydrogens (tertiary/aromatic N) is 3. The molecule has 1 saturated carbocycles. The normalized spacial score (nSPS) is 24.0. The zero-order valence-electron chi connectivity index (χ0n) is 23.3. The lowest BCUT2D eigenvalue weighted by molar-refractivity contribution is 0.0498. The van der Waals surface area contributed by atoms with Crippen LogP contribution in [0.25, 0.3) is 11.0 Å². The maximum atomic E-state index is 14.0. The molecule has 1 aromatic heterocycles. The minimum Gasteiger partial charge on any atom is -0.507 e. The largest absolute Gasteiger partial charge is 0.507 e. The van der Waals surface area contributed by atoms with Crippen molar-refractivity contribution in [3.05, 3.63) is 63.9 Å². The Hall–Kier alpha value is -3.39. The predicted octanol–water partition coefficient (Wildman–Crippen LogP) is 5.78. The van der Waals surface area contributed by atoms with E-state index in [1.165, 1.54) is 71.0 Å². The Labute approximate surface area is 235 Å². The Morgan fingerprint density at radius 1 is 0.950 bits per heavy atom. The number of carbonyl (C=O) groups is 1. The summed E-state index contributed by atoms with van der Waals surface area (Å²) < 4.78 is 6.78. The van der Waals surface area contributed by atoms with Gasteiger partial charge < -0.3 is 19.7 Å². The molecule has 3 atom stereocenters. The highest BCUT2D eigenvalue weighted by molar-refractivity contribution is 5.92. The fraction of sp³-hybridized carbons (Fsp3) is 0.531. The number of piperidine rings is 1. The highest BCUT2D eigenvalue weighted by atomic mass is 16.5. The molecular weight excluding hydrogens is 504 g/mol. The van der Waals surface area contributed by atoms with E-state index >= 15 is 0 Å². The summed E-state index contributed by atoms with van der Waals surface area (Å²) in [5.74, 6) is -0.436. The first-order chi connectivity index (χ1) is 19.5. The molecule has 3 fully saturated rings. The number of hydrogen-bond acceptors (Lipinski definition) is 7.